The molecule has 1 atom stereocenters. The van der Waals surface area contributed by atoms with Crippen molar-refractivity contribution in [2.75, 3.05) is 19.0 Å². The number of nitrogens with one attached hydrogen (secondary N) is 1. The molecule has 24 heavy (non-hydrogen) atoms. The van der Waals surface area contributed by atoms with Crippen molar-refractivity contribution >= 4 is 22.9 Å². The molecule has 1 aromatic carbocycles. The van der Waals surface area contributed by atoms with E-state index in [0.717, 1.165) is 43.9 Å². The van der Waals surface area contributed by atoms with Gasteiger partial charge in [-0.05, 0) is 37.6 Å². The van der Waals surface area contributed by atoms with E-state index in [4.69, 9.17) is 4.74 Å². The van der Waals surface area contributed by atoms with Crippen LogP contribution in [-0.2, 0) is 22.6 Å². The normalized spacial score (nSPS) is 17.3. The Labute approximate surface area is 146 Å². The van der Waals surface area contributed by atoms with Crippen LogP contribution in [0.5, 0.6) is 0 Å². The Balaban J connectivity index is 1.52. The number of hydrogen-bond donors (Lipinski definition) is 1. The number of aromatic nitrogens is 1. The molecule has 0 spiro atoms. The van der Waals surface area contributed by atoms with Gasteiger partial charge in [-0.2, -0.15) is 0 Å². The Hall–Kier alpha value is -1.76. The van der Waals surface area contributed by atoms with E-state index in [2.05, 4.69) is 33.7 Å². The van der Waals surface area contributed by atoms with Gasteiger partial charge in [-0.25, -0.2) is 4.98 Å². The van der Waals surface area contributed by atoms with Crippen LogP contribution >= 0.6 is 11.3 Å². The molecule has 0 radical (unpaired) electrons. The molecule has 1 N–H and O–H groups in total. The van der Waals surface area contributed by atoms with Gasteiger partial charge in [0.25, 0.3) is 0 Å². The molecule has 0 aliphatic carbocycles. The summed E-state index contributed by atoms with van der Waals surface area (Å²) < 4.78 is 5.52. The fraction of sp³-hybridized carbons (Fsp3) is 0.444. The zero-order valence-electron chi connectivity index (χ0n) is 13.9. The molecule has 1 amide bonds. The van der Waals surface area contributed by atoms with E-state index in [0.29, 0.717) is 6.42 Å². The van der Waals surface area contributed by atoms with E-state index in [1.54, 1.807) is 11.3 Å². The smallest absolute Gasteiger partial charge is 0.226 e. The number of carbonyl (C=O) groups is 1. The lowest BCUT2D eigenvalue weighted by Crippen LogP contribution is -2.20. The number of thiazole rings is 1. The first-order chi connectivity index (χ1) is 11.7. The maximum absolute atomic E-state index is 12.1. The topological polar surface area (TPSA) is 54.5 Å². The molecular weight excluding hydrogens is 322 g/mol. The first kappa shape index (κ1) is 17.1. The van der Waals surface area contributed by atoms with Crippen molar-refractivity contribution in [3.05, 3.63) is 46.4 Å². The SMILES string of the molecule is CN(Cc1cccc(NC(=O)CC2CCCO2)c1)Cc1cscn1. The highest BCUT2D eigenvalue weighted by Gasteiger charge is 2.19. The Morgan fingerprint density at radius 3 is 3.12 bits per heavy atom. The lowest BCUT2D eigenvalue weighted by atomic mass is 10.1. The number of carbonyl (C=O) groups excluding carboxylic acids is 1. The fourth-order valence-corrected chi connectivity index (χ4v) is 3.48. The molecule has 5 nitrogen and oxygen atoms in total. The first-order valence-corrected chi connectivity index (χ1v) is 9.19. The summed E-state index contributed by atoms with van der Waals surface area (Å²) in [5, 5.41) is 5.05. The van der Waals surface area contributed by atoms with Crippen molar-refractivity contribution in [2.24, 2.45) is 0 Å². The number of rotatable bonds is 7. The standard InChI is InChI=1S/C18H23N3O2S/c1-21(11-16-12-24-13-19-16)10-14-4-2-5-15(8-14)20-18(22)9-17-6-3-7-23-17/h2,4-5,8,12-13,17H,3,6-7,9-11H2,1H3,(H,20,22). The molecule has 6 heteroatoms. The average molecular weight is 345 g/mol. The van der Waals surface area contributed by atoms with Crippen molar-refractivity contribution in [3.63, 3.8) is 0 Å². The van der Waals surface area contributed by atoms with Crippen LogP contribution in [-0.4, -0.2) is 35.5 Å². The van der Waals surface area contributed by atoms with Crippen LogP contribution in [0.2, 0.25) is 0 Å². The first-order valence-electron chi connectivity index (χ1n) is 8.25. The number of ether oxygens (including phenoxy) is 1. The van der Waals surface area contributed by atoms with Crippen LogP contribution in [0, 0.1) is 0 Å². The molecule has 1 aromatic heterocycles. The van der Waals surface area contributed by atoms with E-state index in [1.807, 2.05) is 23.7 Å². The third-order valence-corrected chi connectivity index (χ3v) is 4.65. The Kier molecular flexibility index (Phi) is 5.96. The van der Waals surface area contributed by atoms with Crippen LogP contribution in [0.3, 0.4) is 0 Å². The van der Waals surface area contributed by atoms with E-state index in [9.17, 15) is 4.79 Å². The minimum Gasteiger partial charge on any atom is -0.378 e. The molecular formula is C18H23N3O2S. The summed E-state index contributed by atoms with van der Waals surface area (Å²) in [6.07, 6.45) is 2.55. The van der Waals surface area contributed by atoms with Crippen LogP contribution in [0.1, 0.15) is 30.5 Å². The molecule has 1 aliphatic heterocycles. The van der Waals surface area contributed by atoms with Crippen LogP contribution < -0.4 is 5.32 Å². The maximum atomic E-state index is 12.1. The molecule has 0 bridgehead atoms. The zero-order valence-corrected chi connectivity index (χ0v) is 14.7. The highest BCUT2D eigenvalue weighted by molar-refractivity contribution is 7.07. The second-order valence-corrected chi connectivity index (χ2v) is 6.96. The summed E-state index contributed by atoms with van der Waals surface area (Å²) in [5.74, 6) is 0.0230. The summed E-state index contributed by atoms with van der Waals surface area (Å²) in [7, 11) is 2.07. The Morgan fingerprint density at radius 1 is 1.46 bits per heavy atom. The van der Waals surface area contributed by atoms with Crippen LogP contribution in [0.15, 0.2) is 35.2 Å². The lowest BCUT2D eigenvalue weighted by Gasteiger charge is -2.16. The molecule has 3 rings (SSSR count). The number of amides is 1. The van der Waals surface area contributed by atoms with Crippen molar-refractivity contribution in [2.45, 2.75) is 38.5 Å². The average Bonchev–Trinajstić information content (AvgIpc) is 3.21. The maximum Gasteiger partial charge on any atom is 0.226 e. The predicted molar refractivity (Wildman–Crippen MR) is 95.9 cm³/mol. The minimum absolute atomic E-state index is 0.0230. The Bertz CT molecular complexity index is 654. The van der Waals surface area contributed by atoms with Crippen molar-refractivity contribution in [3.8, 4) is 0 Å². The van der Waals surface area contributed by atoms with Gasteiger partial charge in [-0.3, -0.25) is 9.69 Å². The van der Waals surface area contributed by atoms with Gasteiger partial charge in [0.05, 0.1) is 23.7 Å². The summed E-state index contributed by atoms with van der Waals surface area (Å²) in [6.45, 7) is 2.41. The van der Waals surface area contributed by atoms with Gasteiger partial charge in [-0.15, -0.1) is 11.3 Å². The highest BCUT2D eigenvalue weighted by Crippen LogP contribution is 2.18. The van der Waals surface area contributed by atoms with Gasteiger partial charge in [-0.1, -0.05) is 12.1 Å². The summed E-state index contributed by atoms with van der Waals surface area (Å²) >= 11 is 1.61. The molecule has 0 saturated carbocycles. The lowest BCUT2D eigenvalue weighted by molar-refractivity contribution is -0.118. The number of hydrogen-bond acceptors (Lipinski definition) is 5. The van der Waals surface area contributed by atoms with E-state index in [-0.39, 0.29) is 12.0 Å². The van der Waals surface area contributed by atoms with E-state index >= 15 is 0 Å². The van der Waals surface area contributed by atoms with E-state index < -0.39 is 0 Å². The second-order valence-electron chi connectivity index (χ2n) is 6.24. The largest absolute Gasteiger partial charge is 0.378 e. The molecule has 2 heterocycles. The number of anilines is 1. The number of nitrogens with zero attached hydrogens (tertiary/aromatic N) is 2. The third kappa shape index (κ3) is 5.12. The summed E-state index contributed by atoms with van der Waals surface area (Å²) in [5.41, 5.74) is 4.96. The summed E-state index contributed by atoms with van der Waals surface area (Å²) in [4.78, 5) is 18.6. The van der Waals surface area contributed by atoms with Crippen LogP contribution in [0.25, 0.3) is 0 Å². The molecule has 2 aromatic rings. The van der Waals surface area contributed by atoms with Gasteiger partial charge < -0.3 is 10.1 Å². The van der Waals surface area contributed by atoms with Crippen LogP contribution in [0.4, 0.5) is 5.69 Å². The fourth-order valence-electron chi connectivity index (χ4n) is 2.93. The monoisotopic (exact) mass is 345 g/mol. The zero-order chi connectivity index (χ0) is 16.8. The van der Waals surface area contributed by atoms with Crippen molar-refractivity contribution in [1.82, 2.24) is 9.88 Å². The molecule has 1 unspecified atom stereocenters. The minimum atomic E-state index is 0.0230. The van der Waals surface area contributed by atoms with Crippen molar-refractivity contribution in [1.29, 1.82) is 0 Å². The van der Waals surface area contributed by atoms with Gasteiger partial charge in [0.2, 0.25) is 5.91 Å². The van der Waals surface area contributed by atoms with Gasteiger partial charge >= 0.3 is 0 Å². The molecule has 1 saturated heterocycles. The van der Waals surface area contributed by atoms with Crippen molar-refractivity contribution < 1.29 is 9.53 Å². The number of benzene rings is 1. The predicted octanol–water partition coefficient (Wildman–Crippen LogP) is 3.28. The van der Waals surface area contributed by atoms with Gasteiger partial charge in [0.1, 0.15) is 0 Å². The molecule has 1 aliphatic rings. The summed E-state index contributed by atoms with van der Waals surface area (Å²) in [6, 6.07) is 8.02. The van der Waals surface area contributed by atoms with Gasteiger partial charge in [0, 0.05) is 30.8 Å². The van der Waals surface area contributed by atoms with Gasteiger partial charge in [0.15, 0.2) is 0 Å². The third-order valence-electron chi connectivity index (χ3n) is 4.02. The highest BCUT2D eigenvalue weighted by atomic mass is 32.1. The molecule has 1 fully saturated rings. The quantitative estimate of drug-likeness (QED) is 0.837. The molecule has 128 valence electrons. The Morgan fingerprint density at radius 2 is 2.38 bits per heavy atom. The second kappa shape index (κ2) is 8.37. The van der Waals surface area contributed by atoms with E-state index in [1.165, 1.54) is 5.56 Å².